The predicted octanol–water partition coefficient (Wildman–Crippen LogP) is 2.58. The first-order valence-corrected chi connectivity index (χ1v) is 5.25. The Morgan fingerprint density at radius 3 is 2.38 bits per heavy atom. The third kappa shape index (κ3) is 2.31. The lowest BCUT2D eigenvalue weighted by atomic mass is 9.88. The number of halogens is 2. The molecule has 1 aromatic rings. The summed E-state index contributed by atoms with van der Waals surface area (Å²) in [5, 5.41) is 10.5. The summed E-state index contributed by atoms with van der Waals surface area (Å²) in [4.78, 5) is 0. The van der Waals surface area contributed by atoms with Gasteiger partial charge >= 0.3 is 6.01 Å². The maximum Gasteiger partial charge on any atom is 0.315 e. The van der Waals surface area contributed by atoms with Gasteiger partial charge in [0.2, 0.25) is 5.89 Å². The first-order valence-electron chi connectivity index (χ1n) is 5.25. The number of aromatic nitrogens is 2. The normalized spacial score (nSPS) is 20.6. The average Bonchev–Trinajstić information content (AvgIpc) is 2.48. The number of hydrogen-bond donors (Lipinski definition) is 1. The van der Waals surface area contributed by atoms with Gasteiger partial charge in [0.1, 0.15) is 0 Å². The topological polar surface area (TPSA) is 51.0 Å². The molecule has 1 aromatic heterocycles. The Morgan fingerprint density at radius 2 is 1.94 bits per heavy atom. The van der Waals surface area contributed by atoms with Crippen molar-refractivity contribution in [2.45, 2.75) is 51.0 Å². The van der Waals surface area contributed by atoms with E-state index in [2.05, 4.69) is 15.5 Å². The van der Waals surface area contributed by atoms with Gasteiger partial charge in [0.05, 0.1) is 0 Å². The van der Waals surface area contributed by atoms with Crippen LogP contribution in [0.25, 0.3) is 0 Å². The standard InChI is InChI=1S/C10H15F2N3O/c1-9(2,3)7-14-15-8(16-7)13-6-4-10(11,12)5-6/h6H,4-5H2,1-3H3,(H,13,15). The number of anilines is 1. The van der Waals surface area contributed by atoms with Crippen molar-refractivity contribution in [2.24, 2.45) is 0 Å². The highest BCUT2D eigenvalue weighted by Crippen LogP contribution is 2.39. The van der Waals surface area contributed by atoms with Crippen LogP contribution in [-0.2, 0) is 5.41 Å². The quantitative estimate of drug-likeness (QED) is 0.849. The monoisotopic (exact) mass is 231 g/mol. The zero-order chi connectivity index (χ0) is 12.0. The van der Waals surface area contributed by atoms with E-state index < -0.39 is 5.92 Å². The highest BCUT2D eigenvalue weighted by atomic mass is 19.3. The van der Waals surface area contributed by atoms with E-state index in [-0.39, 0.29) is 30.3 Å². The molecule has 6 heteroatoms. The van der Waals surface area contributed by atoms with Crippen LogP contribution in [0.3, 0.4) is 0 Å². The van der Waals surface area contributed by atoms with Crippen molar-refractivity contribution in [1.82, 2.24) is 10.2 Å². The summed E-state index contributed by atoms with van der Waals surface area (Å²) in [5.41, 5.74) is -0.226. The van der Waals surface area contributed by atoms with Crippen molar-refractivity contribution in [2.75, 3.05) is 5.32 Å². The van der Waals surface area contributed by atoms with Gasteiger partial charge in [0.15, 0.2) is 0 Å². The van der Waals surface area contributed by atoms with Gasteiger partial charge in [-0.1, -0.05) is 25.9 Å². The van der Waals surface area contributed by atoms with Gasteiger partial charge in [-0.05, 0) is 0 Å². The van der Waals surface area contributed by atoms with E-state index in [4.69, 9.17) is 4.42 Å². The van der Waals surface area contributed by atoms with Gasteiger partial charge in [-0.2, -0.15) is 0 Å². The summed E-state index contributed by atoms with van der Waals surface area (Å²) in [5.74, 6) is -2.04. The first kappa shape index (κ1) is 11.3. The summed E-state index contributed by atoms with van der Waals surface area (Å²) in [6.07, 6.45) is -0.333. The van der Waals surface area contributed by atoms with Crippen LogP contribution in [0.15, 0.2) is 4.42 Å². The molecule has 1 saturated carbocycles. The summed E-state index contributed by atoms with van der Waals surface area (Å²) in [6.45, 7) is 5.84. The minimum Gasteiger partial charge on any atom is -0.408 e. The molecule has 0 unspecified atom stereocenters. The second-order valence-electron chi connectivity index (χ2n) is 5.27. The third-order valence-corrected chi connectivity index (χ3v) is 2.48. The summed E-state index contributed by atoms with van der Waals surface area (Å²) >= 11 is 0. The minimum absolute atomic E-state index is 0.166. The van der Waals surface area contributed by atoms with E-state index in [1.807, 2.05) is 20.8 Å². The van der Waals surface area contributed by atoms with Crippen LogP contribution in [0, 0.1) is 0 Å². The van der Waals surface area contributed by atoms with Crippen molar-refractivity contribution in [1.29, 1.82) is 0 Å². The van der Waals surface area contributed by atoms with Gasteiger partial charge in [-0.25, -0.2) is 8.78 Å². The molecule has 1 fully saturated rings. The minimum atomic E-state index is -2.54. The Bertz CT molecular complexity index is 376. The molecule has 0 radical (unpaired) electrons. The smallest absolute Gasteiger partial charge is 0.315 e. The lowest BCUT2D eigenvalue weighted by Gasteiger charge is -2.34. The Labute approximate surface area is 92.4 Å². The molecule has 2 rings (SSSR count). The van der Waals surface area contributed by atoms with Gasteiger partial charge in [-0.3, -0.25) is 0 Å². The van der Waals surface area contributed by atoms with Crippen molar-refractivity contribution >= 4 is 6.01 Å². The lowest BCUT2D eigenvalue weighted by molar-refractivity contribution is -0.0797. The second kappa shape index (κ2) is 3.40. The third-order valence-electron chi connectivity index (χ3n) is 2.48. The van der Waals surface area contributed by atoms with Crippen LogP contribution >= 0.6 is 0 Å². The van der Waals surface area contributed by atoms with Gasteiger partial charge in [0, 0.05) is 24.3 Å². The van der Waals surface area contributed by atoms with E-state index >= 15 is 0 Å². The van der Waals surface area contributed by atoms with Crippen LogP contribution in [0.1, 0.15) is 39.5 Å². The van der Waals surface area contributed by atoms with Crippen molar-refractivity contribution in [3.05, 3.63) is 5.89 Å². The Kier molecular flexibility index (Phi) is 2.40. The fourth-order valence-electron chi connectivity index (χ4n) is 1.52. The molecule has 90 valence electrons. The number of nitrogens with zero attached hydrogens (tertiary/aromatic N) is 2. The second-order valence-corrected chi connectivity index (χ2v) is 5.27. The molecule has 1 N–H and O–H groups in total. The van der Waals surface area contributed by atoms with Crippen LogP contribution in [0.4, 0.5) is 14.8 Å². The molecule has 0 atom stereocenters. The van der Waals surface area contributed by atoms with E-state index in [1.54, 1.807) is 0 Å². The number of rotatable bonds is 2. The van der Waals surface area contributed by atoms with Crippen LogP contribution in [-0.4, -0.2) is 22.2 Å². The lowest BCUT2D eigenvalue weighted by Crippen LogP contribution is -2.44. The van der Waals surface area contributed by atoms with Crippen molar-refractivity contribution in [3.63, 3.8) is 0 Å². The SMILES string of the molecule is CC(C)(C)c1nnc(NC2CC(F)(F)C2)o1. The average molecular weight is 231 g/mol. The van der Waals surface area contributed by atoms with Crippen LogP contribution < -0.4 is 5.32 Å². The van der Waals surface area contributed by atoms with Gasteiger partial charge in [-0.15, -0.1) is 5.10 Å². The summed E-state index contributed by atoms with van der Waals surface area (Å²) < 4.78 is 30.5. The molecule has 0 aromatic carbocycles. The maximum absolute atomic E-state index is 12.6. The molecular weight excluding hydrogens is 216 g/mol. The Balaban J connectivity index is 1.94. The van der Waals surface area contributed by atoms with E-state index in [1.165, 1.54) is 0 Å². The highest BCUT2D eigenvalue weighted by molar-refractivity contribution is 5.23. The van der Waals surface area contributed by atoms with Gasteiger partial charge < -0.3 is 9.73 Å². The largest absolute Gasteiger partial charge is 0.408 e. The van der Waals surface area contributed by atoms with Crippen molar-refractivity contribution < 1.29 is 13.2 Å². The summed E-state index contributed by atoms with van der Waals surface area (Å²) in [7, 11) is 0. The number of nitrogens with one attached hydrogen (secondary N) is 1. The molecule has 16 heavy (non-hydrogen) atoms. The molecule has 1 aliphatic carbocycles. The molecule has 0 spiro atoms. The molecule has 0 aliphatic heterocycles. The Morgan fingerprint density at radius 1 is 1.31 bits per heavy atom. The first-order chi connectivity index (χ1) is 7.26. The fraction of sp³-hybridized carbons (Fsp3) is 0.800. The zero-order valence-electron chi connectivity index (χ0n) is 9.55. The molecule has 1 heterocycles. The van der Waals surface area contributed by atoms with Crippen LogP contribution in [0.2, 0.25) is 0 Å². The van der Waals surface area contributed by atoms with Gasteiger partial charge in [0.25, 0.3) is 5.92 Å². The Hall–Kier alpha value is -1.20. The molecule has 1 aliphatic rings. The molecule has 0 amide bonds. The van der Waals surface area contributed by atoms with E-state index in [0.29, 0.717) is 5.89 Å². The number of alkyl halides is 2. The van der Waals surface area contributed by atoms with E-state index in [0.717, 1.165) is 0 Å². The zero-order valence-corrected chi connectivity index (χ0v) is 9.55. The summed E-state index contributed by atoms with van der Waals surface area (Å²) in [6, 6.07) is -0.0336. The fourth-order valence-corrected chi connectivity index (χ4v) is 1.52. The number of hydrogen-bond acceptors (Lipinski definition) is 4. The molecule has 0 saturated heterocycles. The maximum atomic E-state index is 12.6. The molecule has 4 nitrogen and oxygen atoms in total. The van der Waals surface area contributed by atoms with E-state index in [9.17, 15) is 8.78 Å². The molecular formula is C10H15F2N3O. The predicted molar refractivity (Wildman–Crippen MR) is 54.6 cm³/mol. The molecule has 0 bridgehead atoms. The van der Waals surface area contributed by atoms with Crippen LogP contribution in [0.5, 0.6) is 0 Å². The van der Waals surface area contributed by atoms with Crippen molar-refractivity contribution in [3.8, 4) is 0 Å². The highest BCUT2D eigenvalue weighted by Gasteiger charge is 2.45.